The molecule has 0 amide bonds. The maximum absolute atomic E-state index is 6.03. The molecular formula is C12H18ClN3O. The standard InChI is InChI=1S/C12H18ClN3O/c1-3-4-11-14-10(13)7-12(15-11)16-5-6-17-9(2)8-16/h7,9H,3-6,8H2,1-2H3. The Morgan fingerprint density at radius 3 is 3.06 bits per heavy atom. The van der Waals surface area contributed by atoms with Crippen LogP contribution in [-0.4, -0.2) is 35.8 Å². The lowest BCUT2D eigenvalue weighted by Gasteiger charge is -2.32. The van der Waals surface area contributed by atoms with Crippen molar-refractivity contribution in [3.63, 3.8) is 0 Å². The molecule has 0 radical (unpaired) electrons. The quantitative estimate of drug-likeness (QED) is 0.777. The third-order valence-electron chi connectivity index (χ3n) is 2.77. The van der Waals surface area contributed by atoms with E-state index in [1.165, 1.54) is 0 Å². The van der Waals surface area contributed by atoms with Gasteiger partial charge in [0.15, 0.2) is 0 Å². The Morgan fingerprint density at radius 1 is 1.53 bits per heavy atom. The van der Waals surface area contributed by atoms with Crippen molar-refractivity contribution < 1.29 is 4.74 Å². The van der Waals surface area contributed by atoms with Crippen LogP contribution in [0.25, 0.3) is 0 Å². The van der Waals surface area contributed by atoms with Crippen molar-refractivity contribution in [2.45, 2.75) is 32.8 Å². The van der Waals surface area contributed by atoms with E-state index >= 15 is 0 Å². The zero-order valence-electron chi connectivity index (χ0n) is 10.3. The second-order valence-corrected chi connectivity index (χ2v) is 4.73. The molecule has 2 heterocycles. The Hall–Kier alpha value is -0.870. The molecule has 0 aromatic carbocycles. The molecule has 1 aliphatic heterocycles. The largest absolute Gasteiger partial charge is 0.375 e. The summed E-state index contributed by atoms with van der Waals surface area (Å²) in [5.74, 6) is 1.75. The fraction of sp³-hybridized carbons (Fsp3) is 0.667. The van der Waals surface area contributed by atoms with E-state index in [0.717, 1.165) is 44.2 Å². The zero-order chi connectivity index (χ0) is 12.3. The van der Waals surface area contributed by atoms with Crippen LogP contribution in [0.2, 0.25) is 5.15 Å². The van der Waals surface area contributed by atoms with Gasteiger partial charge in [0.25, 0.3) is 0 Å². The molecule has 1 aliphatic rings. The Labute approximate surface area is 107 Å². The van der Waals surface area contributed by atoms with E-state index in [1.807, 2.05) is 6.07 Å². The number of hydrogen-bond acceptors (Lipinski definition) is 4. The summed E-state index contributed by atoms with van der Waals surface area (Å²) in [6, 6.07) is 1.83. The lowest BCUT2D eigenvalue weighted by Crippen LogP contribution is -2.41. The molecule has 1 unspecified atom stereocenters. The third-order valence-corrected chi connectivity index (χ3v) is 2.96. The van der Waals surface area contributed by atoms with E-state index in [2.05, 4.69) is 28.7 Å². The molecule has 0 bridgehead atoms. The van der Waals surface area contributed by atoms with Crippen molar-refractivity contribution in [1.82, 2.24) is 9.97 Å². The summed E-state index contributed by atoms with van der Waals surface area (Å²) >= 11 is 6.03. The van der Waals surface area contributed by atoms with Gasteiger partial charge in [0.1, 0.15) is 16.8 Å². The van der Waals surface area contributed by atoms with E-state index < -0.39 is 0 Å². The third kappa shape index (κ3) is 3.30. The maximum Gasteiger partial charge on any atom is 0.134 e. The molecule has 4 nitrogen and oxygen atoms in total. The number of nitrogens with zero attached hydrogens (tertiary/aromatic N) is 3. The fourth-order valence-corrected chi connectivity index (χ4v) is 2.17. The second kappa shape index (κ2) is 5.65. The zero-order valence-corrected chi connectivity index (χ0v) is 11.1. The molecule has 94 valence electrons. The van der Waals surface area contributed by atoms with Gasteiger partial charge in [0.05, 0.1) is 12.7 Å². The van der Waals surface area contributed by atoms with Crippen LogP contribution < -0.4 is 4.90 Å². The van der Waals surface area contributed by atoms with Gasteiger partial charge in [-0.05, 0) is 13.3 Å². The van der Waals surface area contributed by atoms with Crippen LogP contribution in [0.3, 0.4) is 0 Å². The second-order valence-electron chi connectivity index (χ2n) is 4.34. The van der Waals surface area contributed by atoms with Gasteiger partial charge in [0, 0.05) is 25.6 Å². The van der Waals surface area contributed by atoms with Gasteiger partial charge < -0.3 is 9.64 Å². The predicted octanol–water partition coefficient (Wildman–Crippen LogP) is 2.31. The van der Waals surface area contributed by atoms with Crippen molar-refractivity contribution in [3.8, 4) is 0 Å². The molecule has 1 saturated heterocycles. The summed E-state index contributed by atoms with van der Waals surface area (Å²) in [5, 5.41) is 0.526. The molecule has 1 aromatic rings. The molecule has 1 atom stereocenters. The van der Waals surface area contributed by atoms with Crippen molar-refractivity contribution >= 4 is 17.4 Å². The Bertz CT molecular complexity index is 386. The van der Waals surface area contributed by atoms with E-state index in [0.29, 0.717) is 5.15 Å². The van der Waals surface area contributed by atoms with Crippen LogP contribution in [0.5, 0.6) is 0 Å². The Balaban J connectivity index is 2.18. The maximum atomic E-state index is 6.03. The number of hydrogen-bond donors (Lipinski definition) is 0. The molecule has 1 aromatic heterocycles. The van der Waals surface area contributed by atoms with E-state index in [1.54, 1.807) is 0 Å². The minimum Gasteiger partial charge on any atom is -0.375 e. The van der Waals surface area contributed by atoms with E-state index in [-0.39, 0.29) is 6.10 Å². The van der Waals surface area contributed by atoms with Gasteiger partial charge >= 0.3 is 0 Å². The van der Waals surface area contributed by atoms with Crippen molar-refractivity contribution in [2.24, 2.45) is 0 Å². The predicted molar refractivity (Wildman–Crippen MR) is 68.7 cm³/mol. The van der Waals surface area contributed by atoms with Gasteiger partial charge in [-0.25, -0.2) is 9.97 Å². The van der Waals surface area contributed by atoms with Crippen molar-refractivity contribution in [1.29, 1.82) is 0 Å². The first-order valence-corrected chi connectivity index (χ1v) is 6.47. The van der Waals surface area contributed by atoms with Gasteiger partial charge in [-0.15, -0.1) is 0 Å². The van der Waals surface area contributed by atoms with E-state index in [9.17, 15) is 0 Å². The number of aryl methyl sites for hydroxylation is 1. The normalized spacial score (nSPS) is 20.6. The minimum absolute atomic E-state index is 0.243. The van der Waals surface area contributed by atoms with Crippen LogP contribution in [0.1, 0.15) is 26.1 Å². The first-order chi connectivity index (χ1) is 8.19. The van der Waals surface area contributed by atoms with Crippen LogP contribution >= 0.6 is 11.6 Å². The number of morpholine rings is 1. The number of halogens is 1. The van der Waals surface area contributed by atoms with Gasteiger partial charge in [-0.1, -0.05) is 18.5 Å². The molecule has 2 rings (SSSR count). The lowest BCUT2D eigenvalue weighted by atomic mass is 10.3. The Kier molecular flexibility index (Phi) is 4.18. The highest BCUT2D eigenvalue weighted by Crippen LogP contribution is 2.19. The first kappa shape index (κ1) is 12.6. The van der Waals surface area contributed by atoms with Gasteiger partial charge in [0.2, 0.25) is 0 Å². The summed E-state index contributed by atoms with van der Waals surface area (Å²) in [4.78, 5) is 11.0. The van der Waals surface area contributed by atoms with Crippen LogP contribution in [0.15, 0.2) is 6.07 Å². The van der Waals surface area contributed by atoms with Crippen LogP contribution in [0, 0.1) is 0 Å². The Morgan fingerprint density at radius 2 is 2.35 bits per heavy atom. The summed E-state index contributed by atoms with van der Waals surface area (Å²) in [5.41, 5.74) is 0. The first-order valence-electron chi connectivity index (χ1n) is 6.09. The molecule has 0 spiro atoms. The summed E-state index contributed by atoms with van der Waals surface area (Å²) in [6.07, 6.45) is 2.14. The van der Waals surface area contributed by atoms with Gasteiger partial charge in [-0.2, -0.15) is 0 Å². The highest BCUT2D eigenvalue weighted by Gasteiger charge is 2.18. The average molecular weight is 256 g/mol. The molecule has 0 saturated carbocycles. The SMILES string of the molecule is CCCc1nc(Cl)cc(N2CCOC(C)C2)n1. The number of aromatic nitrogens is 2. The summed E-state index contributed by atoms with van der Waals surface area (Å²) in [7, 11) is 0. The van der Waals surface area contributed by atoms with Crippen LogP contribution in [-0.2, 0) is 11.2 Å². The monoisotopic (exact) mass is 255 g/mol. The fourth-order valence-electron chi connectivity index (χ4n) is 1.98. The van der Waals surface area contributed by atoms with Crippen molar-refractivity contribution in [3.05, 3.63) is 17.0 Å². The molecule has 1 fully saturated rings. The molecule has 5 heteroatoms. The highest BCUT2D eigenvalue weighted by molar-refractivity contribution is 6.29. The average Bonchev–Trinajstić information content (AvgIpc) is 2.28. The minimum atomic E-state index is 0.243. The van der Waals surface area contributed by atoms with E-state index in [4.69, 9.17) is 16.3 Å². The van der Waals surface area contributed by atoms with Crippen molar-refractivity contribution in [2.75, 3.05) is 24.6 Å². The van der Waals surface area contributed by atoms with Gasteiger partial charge in [-0.3, -0.25) is 0 Å². The molecule has 17 heavy (non-hydrogen) atoms. The summed E-state index contributed by atoms with van der Waals surface area (Å²) in [6.45, 7) is 6.65. The number of rotatable bonds is 3. The van der Waals surface area contributed by atoms with Crippen LogP contribution in [0.4, 0.5) is 5.82 Å². The lowest BCUT2D eigenvalue weighted by molar-refractivity contribution is 0.0529. The topological polar surface area (TPSA) is 38.2 Å². The number of ether oxygens (including phenoxy) is 1. The smallest absolute Gasteiger partial charge is 0.134 e. The molecule has 0 N–H and O–H groups in total. The molecule has 0 aliphatic carbocycles. The number of anilines is 1. The highest BCUT2D eigenvalue weighted by atomic mass is 35.5. The summed E-state index contributed by atoms with van der Waals surface area (Å²) < 4.78 is 5.52. The molecular weight excluding hydrogens is 238 g/mol.